The Kier molecular flexibility index (Phi) is 3.49. The molecule has 0 aliphatic carbocycles. The van der Waals surface area contributed by atoms with E-state index >= 15 is 0 Å². The maximum Gasteiger partial charge on any atom is 0.241 e. The first-order valence-electron chi connectivity index (χ1n) is 5.52. The number of hydrogen-bond acceptors (Lipinski definition) is 6. The van der Waals surface area contributed by atoms with Crippen LogP contribution in [0.2, 0.25) is 0 Å². The van der Waals surface area contributed by atoms with Gasteiger partial charge in [-0.15, -0.1) is 10.2 Å². The van der Waals surface area contributed by atoms with E-state index in [-0.39, 0.29) is 10.7 Å². The number of nitrogens with two attached hydrogens (primary N) is 1. The fourth-order valence-electron chi connectivity index (χ4n) is 1.52. The summed E-state index contributed by atoms with van der Waals surface area (Å²) in [5.41, 5.74) is 6.91. The first kappa shape index (κ1) is 13.4. The average Bonchev–Trinajstić information content (AvgIpc) is 2.85. The van der Waals surface area contributed by atoms with Crippen molar-refractivity contribution in [2.75, 3.05) is 5.73 Å². The molecule has 9 heteroatoms. The van der Waals surface area contributed by atoms with Gasteiger partial charge in [-0.05, 0) is 37.6 Å². The van der Waals surface area contributed by atoms with Gasteiger partial charge in [-0.25, -0.2) is 13.1 Å². The molecule has 1 aromatic carbocycles. The summed E-state index contributed by atoms with van der Waals surface area (Å²) < 4.78 is 26.8. The standard InChI is InChI=1S/C10H14N6O2S/c1-6-5-8(3-4-9(6)11)19(17,18)14-7(2)10-12-15-16-13-10/h3-5,7,14H,11H2,1-2H3,(H,12,13,15,16). The Bertz CT molecular complexity index is 667. The zero-order valence-electron chi connectivity index (χ0n) is 10.5. The van der Waals surface area contributed by atoms with Crippen molar-refractivity contribution in [3.05, 3.63) is 29.6 Å². The zero-order valence-corrected chi connectivity index (χ0v) is 11.3. The molecular formula is C10H14N6O2S. The number of nitrogens with zero attached hydrogens (tertiary/aromatic N) is 3. The summed E-state index contributed by atoms with van der Waals surface area (Å²) in [4.78, 5) is 0.148. The first-order valence-corrected chi connectivity index (χ1v) is 7.00. The molecule has 0 bridgehead atoms. The minimum Gasteiger partial charge on any atom is -0.399 e. The summed E-state index contributed by atoms with van der Waals surface area (Å²) >= 11 is 0. The van der Waals surface area contributed by atoms with Gasteiger partial charge in [0.25, 0.3) is 0 Å². The van der Waals surface area contributed by atoms with Gasteiger partial charge in [0.2, 0.25) is 10.0 Å². The van der Waals surface area contributed by atoms with E-state index in [1.165, 1.54) is 12.1 Å². The van der Waals surface area contributed by atoms with Gasteiger partial charge in [0, 0.05) is 5.69 Å². The van der Waals surface area contributed by atoms with Crippen LogP contribution in [-0.2, 0) is 10.0 Å². The molecule has 0 aliphatic heterocycles. The smallest absolute Gasteiger partial charge is 0.241 e. The van der Waals surface area contributed by atoms with Crippen LogP contribution in [0.3, 0.4) is 0 Å². The second-order valence-electron chi connectivity index (χ2n) is 4.13. The maximum absolute atomic E-state index is 12.2. The highest BCUT2D eigenvalue weighted by molar-refractivity contribution is 7.89. The normalized spacial score (nSPS) is 13.4. The highest BCUT2D eigenvalue weighted by Crippen LogP contribution is 2.18. The minimum atomic E-state index is -3.65. The summed E-state index contributed by atoms with van der Waals surface area (Å²) in [5.74, 6) is 0.274. The van der Waals surface area contributed by atoms with Gasteiger partial charge in [-0.3, -0.25) is 0 Å². The van der Waals surface area contributed by atoms with E-state index in [0.717, 1.165) is 0 Å². The number of aromatic nitrogens is 4. The molecule has 1 heterocycles. The van der Waals surface area contributed by atoms with Gasteiger partial charge in [0.1, 0.15) is 0 Å². The molecular weight excluding hydrogens is 268 g/mol. The van der Waals surface area contributed by atoms with Crippen molar-refractivity contribution >= 4 is 15.7 Å². The van der Waals surface area contributed by atoms with Crippen LogP contribution in [-0.4, -0.2) is 29.0 Å². The number of tetrazole rings is 1. The van der Waals surface area contributed by atoms with Crippen LogP contribution in [0.5, 0.6) is 0 Å². The number of rotatable bonds is 4. The highest BCUT2D eigenvalue weighted by Gasteiger charge is 2.21. The number of nitrogens with one attached hydrogen (secondary N) is 2. The molecule has 1 unspecified atom stereocenters. The van der Waals surface area contributed by atoms with Gasteiger partial charge < -0.3 is 5.73 Å². The lowest BCUT2D eigenvalue weighted by Crippen LogP contribution is -2.27. The predicted molar refractivity (Wildman–Crippen MR) is 68.5 cm³/mol. The molecule has 0 saturated carbocycles. The Balaban J connectivity index is 2.25. The van der Waals surface area contributed by atoms with E-state index in [4.69, 9.17) is 5.73 Å². The average molecular weight is 282 g/mol. The van der Waals surface area contributed by atoms with Crippen LogP contribution in [0.4, 0.5) is 5.69 Å². The predicted octanol–water partition coefficient (Wildman–Crippen LogP) is 0.130. The number of sulfonamides is 1. The van der Waals surface area contributed by atoms with Crippen LogP contribution < -0.4 is 10.5 Å². The number of anilines is 1. The van der Waals surface area contributed by atoms with Gasteiger partial charge in [-0.1, -0.05) is 5.21 Å². The maximum atomic E-state index is 12.2. The van der Waals surface area contributed by atoms with E-state index in [1.54, 1.807) is 19.9 Å². The summed E-state index contributed by atoms with van der Waals surface area (Å²) in [7, 11) is -3.65. The van der Waals surface area contributed by atoms with Crippen molar-refractivity contribution in [3.63, 3.8) is 0 Å². The quantitative estimate of drug-likeness (QED) is 0.684. The third-order valence-electron chi connectivity index (χ3n) is 2.63. The SMILES string of the molecule is Cc1cc(S(=O)(=O)NC(C)c2nn[nH]n2)ccc1N. The van der Waals surface area contributed by atoms with Crippen LogP contribution >= 0.6 is 0 Å². The Morgan fingerprint density at radius 1 is 1.42 bits per heavy atom. The Hall–Kier alpha value is -2.00. The molecule has 1 atom stereocenters. The van der Waals surface area contributed by atoms with Crippen molar-refractivity contribution in [3.8, 4) is 0 Å². The van der Waals surface area contributed by atoms with Crippen molar-refractivity contribution in [1.29, 1.82) is 0 Å². The molecule has 0 aliphatic rings. The van der Waals surface area contributed by atoms with Crippen molar-refractivity contribution < 1.29 is 8.42 Å². The Morgan fingerprint density at radius 2 is 2.16 bits per heavy atom. The number of H-pyrrole nitrogens is 1. The zero-order chi connectivity index (χ0) is 14.0. The molecule has 2 rings (SSSR count). The molecule has 8 nitrogen and oxygen atoms in total. The van der Waals surface area contributed by atoms with Gasteiger partial charge >= 0.3 is 0 Å². The Morgan fingerprint density at radius 3 is 2.74 bits per heavy atom. The van der Waals surface area contributed by atoms with Gasteiger partial charge in [0.05, 0.1) is 10.9 Å². The summed E-state index contributed by atoms with van der Waals surface area (Å²) in [6.07, 6.45) is 0. The molecule has 0 spiro atoms. The number of nitrogen functional groups attached to an aromatic ring is 1. The number of hydrogen-bond donors (Lipinski definition) is 3. The lowest BCUT2D eigenvalue weighted by atomic mass is 10.2. The van der Waals surface area contributed by atoms with Gasteiger partial charge in [-0.2, -0.15) is 5.21 Å². The van der Waals surface area contributed by atoms with Crippen LogP contribution in [0.1, 0.15) is 24.4 Å². The molecule has 19 heavy (non-hydrogen) atoms. The third-order valence-corrected chi connectivity index (χ3v) is 4.17. The van der Waals surface area contributed by atoms with E-state index < -0.39 is 16.1 Å². The van der Waals surface area contributed by atoms with E-state index in [1.807, 2.05) is 0 Å². The monoisotopic (exact) mass is 282 g/mol. The minimum absolute atomic E-state index is 0.148. The molecule has 0 amide bonds. The topological polar surface area (TPSA) is 127 Å². The summed E-state index contributed by atoms with van der Waals surface area (Å²) in [5, 5.41) is 13.1. The molecule has 1 aromatic heterocycles. The largest absolute Gasteiger partial charge is 0.399 e. The molecule has 0 fully saturated rings. The van der Waals surface area contributed by atoms with Crippen molar-refractivity contribution in [1.82, 2.24) is 25.3 Å². The van der Waals surface area contributed by atoms with Gasteiger partial charge in [0.15, 0.2) is 5.82 Å². The fourth-order valence-corrected chi connectivity index (χ4v) is 2.81. The molecule has 4 N–H and O–H groups in total. The van der Waals surface area contributed by atoms with Crippen molar-refractivity contribution in [2.24, 2.45) is 0 Å². The lowest BCUT2D eigenvalue weighted by Gasteiger charge is -2.11. The number of aryl methyl sites for hydroxylation is 1. The first-order chi connectivity index (χ1) is 8.90. The van der Waals surface area contributed by atoms with Crippen molar-refractivity contribution in [2.45, 2.75) is 24.8 Å². The molecule has 0 radical (unpaired) electrons. The second-order valence-corrected chi connectivity index (χ2v) is 5.85. The van der Waals surface area contributed by atoms with Crippen LogP contribution in [0.25, 0.3) is 0 Å². The molecule has 2 aromatic rings. The number of benzene rings is 1. The Labute approximate surface area is 110 Å². The number of aromatic amines is 1. The summed E-state index contributed by atoms with van der Waals surface area (Å²) in [6, 6.07) is 3.94. The van der Waals surface area contributed by atoms with E-state index in [2.05, 4.69) is 25.3 Å². The molecule has 102 valence electrons. The fraction of sp³-hybridized carbons (Fsp3) is 0.300. The van der Waals surface area contributed by atoms with E-state index in [0.29, 0.717) is 11.3 Å². The van der Waals surface area contributed by atoms with Crippen LogP contribution in [0.15, 0.2) is 23.1 Å². The third kappa shape index (κ3) is 2.88. The molecule has 0 saturated heterocycles. The highest BCUT2D eigenvalue weighted by atomic mass is 32.2. The lowest BCUT2D eigenvalue weighted by molar-refractivity contribution is 0.560. The second kappa shape index (κ2) is 4.94. The van der Waals surface area contributed by atoms with E-state index in [9.17, 15) is 8.42 Å². The van der Waals surface area contributed by atoms with Crippen LogP contribution in [0, 0.1) is 6.92 Å². The summed E-state index contributed by atoms with van der Waals surface area (Å²) in [6.45, 7) is 3.38.